The lowest BCUT2D eigenvalue weighted by atomic mass is 9.89. The highest BCUT2D eigenvalue weighted by molar-refractivity contribution is 5.91. The van der Waals surface area contributed by atoms with E-state index in [1.165, 1.54) is 173 Å². The van der Waals surface area contributed by atoms with Gasteiger partial charge in [-0.05, 0) is 67.5 Å². The van der Waals surface area contributed by atoms with E-state index in [0.29, 0.717) is 17.2 Å². The SMILES string of the molecule is CCCCCCCCCCCCCCCCCCCCOC(C)c1ccc(C(=O)Oc2ccc(C(CCC)CCCCCCCC)cc2)cc1. The fourth-order valence-corrected chi connectivity index (χ4v) is 7.22. The van der Waals surface area contributed by atoms with Gasteiger partial charge in [0.25, 0.3) is 0 Å². The summed E-state index contributed by atoms with van der Waals surface area (Å²) in [6, 6.07) is 15.9. The Morgan fingerprint density at radius 2 is 0.900 bits per heavy atom. The quantitative estimate of drug-likeness (QED) is 0.0425. The molecule has 0 saturated carbocycles. The Morgan fingerprint density at radius 3 is 1.36 bits per heavy atom. The van der Waals surface area contributed by atoms with Crippen molar-refractivity contribution in [2.75, 3.05) is 6.61 Å². The van der Waals surface area contributed by atoms with Crippen LogP contribution in [0.25, 0.3) is 0 Å². The zero-order valence-electron chi connectivity index (χ0n) is 33.3. The number of unbranched alkanes of at least 4 members (excludes halogenated alkanes) is 22. The van der Waals surface area contributed by atoms with Crippen LogP contribution in [0.1, 0.15) is 235 Å². The van der Waals surface area contributed by atoms with Gasteiger partial charge in [-0.15, -0.1) is 0 Å². The molecule has 0 aliphatic rings. The van der Waals surface area contributed by atoms with Crippen LogP contribution in [-0.4, -0.2) is 12.6 Å². The monoisotopic (exact) mass is 691 g/mol. The molecule has 0 saturated heterocycles. The largest absolute Gasteiger partial charge is 0.423 e. The molecule has 0 aromatic heterocycles. The van der Waals surface area contributed by atoms with Crippen molar-refractivity contribution in [3.05, 3.63) is 65.2 Å². The molecule has 0 aliphatic carbocycles. The first-order valence-corrected chi connectivity index (χ1v) is 21.6. The first-order valence-electron chi connectivity index (χ1n) is 21.6. The van der Waals surface area contributed by atoms with Gasteiger partial charge in [0.05, 0.1) is 11.7 Å². The van der Waals surface area contributed by atoms with E-state index in [1.54, 1.807) is 0 Å². The second kappa shape index (κ2) is 30.5. The van der Waals surface area contributed by atoms with Gasteiger partial charge in [-0.3, -0.25) is 0 Å². The lowest BCUT2D eigenvalue weighted by Crippen LogP contribution is -2.09. The molecule has 2 aromatic rings. The summed E-state index contributed by atoms with van der Waals surface area (Å²) in [5.41, 5.74) is 3.03. The number of benzene rings is 2. The van der Waals surface area contributed by atoms with Gasteiger partial charge in [-0.25, -0.2) is 4.79 Å². The van der Waals surface area contributed by atoms with Crippen LogP contribution in [0.15, 0.2) is 48.5 Å². The molecule has 0 aliphatic heterocycles. The lowest BCUT2D eigenvalue weighted by Gasteiger charge is -2.17. The van der Waals surface area contributed by atoms with E-state index >= 15 is 0 Å². The first-order chi connectivity index (χ1) is 24.6. The second-order valence-electron chi connectivity index (χ2n) is 15.1. The van der Waals surface area contributed by atoms with Crippen LogP contribution in [0.3, 0.4) is 0 Å². The number of carbonyl (C=O) groups is 1. The molecule has 0 radical (unpaired) electrons. The summed E-state index contributed by atoms with van der Waals surface area (Å²) in [7, 11) is 0. The molecule has 2 unspecified atom stereocenters. The topological polar surface area (TPSA) is 35.5 Å². The van der Waals surface area contributed by atoms with E-state index in [2.05, 4.69) is 39.8 Å². The van der Waals surface area contributed by atoms with Gasteiger partial charge in [0.2, 0.25) is 0 Å². The number of hydrogen-bond acceptors (Lipinski definition) is 3. The summed E-state index contributed by atoms with van der Waals surface area (Å²) in [6.45, 7) is 9.72. The van der Waals surface area contributed by atoms with Gasteiger partial charge in [0.1, 0.15) is 5.75 Å². The minimum absolute atomic E-state index is 0.0193. The molecule has 2 rings (SSSR count). The summed E-state index contributed by atoms with van der Waals surface area (Å²) in [5, 5.41) is 0. The second-order valence-corrected chi connectivity index (χ2v) is 15.1. The molecule has 0 amide bonds. The predicted octanol–water partition coefficient (Wildman–Crippen LogP) is 15.7. The number of ether oxygens (including phenoxy) is 2. The predicted molar refractivity (Wildman–Crippen MR) is 217 cm³/mol. The van der Waals surface area contributed by atoms with Gasteiger partial charge in [0, 0.05) is 6.61 Å². The highest BCUT2D eigenvalue weighted by atomic mass is 16.5. The van der Waals surface area contributed by atoms with E-state index in [4.69, 9.17) is 9.47 Å². The normalized spacial score (nSPS) is 12.6. The summed E-state index contributed by atoms with van der Waals surface area (Å²) in [5.74, 6) is 0.888. The number of esters is 1. The van der Waals surface area contributed by atoms with Gasteiger partial charge in [0.15, 0.2) is 0 Å². The van der Waals surface area contributed by atoms with E-state index in [-0.39, 0.29) is 12.1 Å². The Kier molecular flexibility index (Phi) is 26.9. The van der Waals surface area contributed by atoms with Crippen LogP contribution in [0, 0.1) is 0 Å². The van der Waals surface area contributed by atoms with Crippen LogP contribution < -0.4 is 4.74 Å². The molecule has 3 heteroatoms. The molecular weight excluding hydrogens is 613 g/mol. The third-order valence-electron chi connectivity index (χ3n) is 10.6. The van der Waals surface area contributed by atoms with Gasteiger partial charge in [-0.1, -0.05) is 199 Å². The van der Waals surface area contributed by atoms with E-state index in [1.807, 2.05) is 36.4 Å². The average molecular weight is 691 g/mol. The van der Waals surface area contributed by atoms with Gasteiger partial charge >= 0.3 is 5.97 Å². The van der Waals surface area contributed by atoms with Crippen molar-refractivity contribution >= 4 is 5.97 Å². The molecule has 0 spiro atoms. The smallest absolute Gasteiger partial charge is 0.343 e. The average Bonchev–Trinajstić information content (AvgIpc) is 3.14. The molecule has 284 valence electrons. The van der Waals surface area contributed by atoms with E-state index < -0.39 is 0 Å². The molecule has 50 heavy (non-hydrogen) atoms. The molecule has 0 heterocycles. The fourth-order valence-electron chi connectivity index (χ4n) is 7.22. The number of hydrogen-bond donors (Lipinski definition) is 0. The summed E-state index contributed by atoms with van der Waals surface area (Å²) in [6.07, 6.45) is 36.7. The highest BCUT2D eigenvalue weighted by Crippen LogP contribution is 2.29. The summed E-state index contributed by atoms with van der Waals surface area (Å²) < 4.78 is 11.9. The highest BCUT2D eigenvalue weighted by Gasteiger charge is 2.14. The van der Waals surface area contributed by atoms with Crippen LogP contribution >= 0.6 is 0 Å². The minimum atomic E-state index is -0.311. The zero-order valence-corrected chi connectivity index (χ0v) is 33.3. The Bertz CT molecular complexity index is 1040. The Morgan fingerprint density at radius 1 is 0.480 bits per heavy atom. The molecule has 0 bridgehead atoms. The number of carbonyl (C=O) groups excluding carboxylic acids is 1. The third kappa shape index (κ3) is 21.3. The zero-order chi connectivity index (χ0) is 35.9. The molecule has 0 fully saturated rings. The Labute approximate surface area is 310 Å². The minimum Gasteiger partial charge on any atom is -0.423 e. The summed E-state index contributed by atoms with van der Waals surface area (Å²) in [4.78, 5) is 12.9. The molecule has 3 nitrogen and oxygen atoms in total. The van der Waals surface area contributed by atoms with Crippen molar-refractivity contribution in [1.29, 1.82) is 0 Å². The number of rotatable bonds is 33. The van der Waals surface area contributed by atoms with Gasteiger partial charge in [-0.2, -0.15) is 0 Å². The lowest BCUT2D eigenvalue weighted by molar-refractivity contribution is 0.0626. The van der Waals surface area contributed by atoms with Crippen molar-refractivity contribution in [2.45, 2.75) is 213 Å². The van der Waals surface area contributed by atoms with Crippen molar-refractivity contribution in [1.82, 2.24) is 0 Å². The molecule has 2 aromatic carbocycles. The molecule has 0 N–H and O–H groups in total. The standard InChI is InChI=1S/C47H78O3/c1-5-8-10-12-14-15-16-17-18-19-20-21-22-23-24-25-27-29-40-49-41(4)42-32-34-45(35-33-42)47(48)50-46-38-36-44(37-39-46)43(30-7-3)31-28-26-13-11-9-6-2/h32-39,41,43H,5-31,40H2,1-4H3. The Hall–Kier alpha value is -2.13. The third-order valence-corrected chi connectivity index (χ3v) is 10.6. The summed E-state index contributed by atoms with van der Waals surface area (Å²) >= 11 is 0. The van der Waals surface area contributed by atoms with Crippen LogP contribution in [0.5, 0.6) is 5.75 Å². The van der Waals surface area contributed by atoms with Crippen molar-refractivity contribution < 1.29 is 14.3 Å². The maximum absolute atomic E-state index is 12.9. The van der Waals surface area contributed by atoms with E-state index in [9.17, 15) is 4.79 Å². The van der Waals surface area contributed by atoms with Crippen molar-refractivity contribution in [3.63, 3.8) is 0 Å². The maximum atomic E-state index is 12.9. The van der Waals surface area contributed by atoms with Crippen molar-refractivity contribution in [2.24, 2.45) is 0 Å². The van der Waals surface area contributed by atoms with Crippen LogP contribution in [0.4, 0.5) is 0 Å². The van der Waals surface area contributed by atoms with Crippen molar-refractivity contribution in [3.8, 4) is 5.75 Å². The molecular formula is C47H78O3. The maximum Gasteiger partial charge on any atom is 0.343 e. The van der Waals surface area contributed by atoms with Gasteiger partial charge < -0.3 is 9.47 Å². The Balaban J connectivity index is 1.53. The first kappa shape index (κ1) is 44.0. The van der Waals surface area contributed by atoms with Crippen LogP contribution in [-0.2, 0) is 4.74 Å². The van der Waals surface area contributed by atoms with E-state index in [0.717, 1.165) is 18.6 Å². The molecule has 2 atom stereocenters. The fraction of sp³-hybridized carbons (Fsp3) is 0.723. The van der Waals surface area contributed by atoms with Crippen LogP contribution in [0.2, 0.25) is 0 Å².